The first-order valence-electron chi connectivity index (χ1n) is 6.19. The third-order valence-electron chi connectivity index (χ3n) is 3.16. The van der Waals surface area contributed by atoms with E-state index in [0.717, 1.165) is 5.69 Å². The van der Waals surface area contributed by atoms with Gasteiger partial charge in [0.25, 0.3) is 0 Å². The van der Waals surface area contributed by atoms with Crippen molar-refractivity contribution in [3.63, 3.8) is 0 Å². The van der Waals surface area contributed by atoms with Gasteiger partial charge in [0.15, 0.2) is 6.29 Å². The number of carbonyl (C=O) groups excluding carboxylic acids is 1. The number of anilines is 1. The van der Waals surface area contributed by atoms with Gasteiger partial charge in [-0.1, -0.05) is 24.3 Å². The van der Waals surface area contributed by atoms with Gasteiger partial charge in [-0.25, -0.2) is 0 Å². The van der Waals surface area contributed by atoms with Crippen LogP contribution in [-0.4, -0.2) is 18.2 Å². The second-order valence-corrected chi connectivity index (χ2v) is 4.54. The van der Waals surface area contributed by atoms with Gasteiger partial charge < -0.3 is 10.6 Å². The van der Waals surface area contributed by atoms with Gasteiger partial charge >= 0.3 is 0 Å². The fraction of sp³-hybridized carbons (Fsp3) is 0.357. The minimum absolute atomic E-state index is 0.0451. The topological polar surface area (TPSA) is 53.2 Å². The maximum absolute atomic E-state index is 12.0. The molecule has 1 fully saturated rings. The van der Waals surface area contributed by atoms with Gasteiger partial charge in [0.05, 0.1) is 5.92 Å². The molecule has 4 nitrogen and oxygen atoms in total. The molecule has 1 aromatic carbocycles. The molecule has 0 bridgehead atoms. The summed E-state index contributed by atoms with van der Waals surface area (Å²) in [4.78, 5) is 12.0. The van der Waals surface area contributed by atoms with Gasteiger partial charge in [-0.2, -0.15) is 0 Å². The van der Waals surface area contributed by atoms with Crippen molar-refractivity contribution in [1.29, 1.82) is 0 Å². The molecule has 1 heterocycles. The molecule has 1 aromatic rings. The Bertz CT molecular complexity index is 418. The Kier molecular flexibility index (Phi) is 3.99. The Labute approximate surface area is 107 Å². The van der Waals surface area contributed by atoms with Crippen molar-refractivity contribution in [3.8, 4) is 0 Å². The molecule has 0 radical (unpaired) electrons. The molecule has 2 rings (SSSR count). The first kappa shape index (κ1) is 12.6. The zero-order chi connectivity index (χ0) is 13.0. The molecule has 1 aliphatic heterocycles. The molecule has 0 saturated carbocycles. The van der Waals surface area contributed by atoms with E-state index in [1.54, 1.807) is 6.08 Å². The van der Waals surface area contributed by atoms with Crippen molar-refractivity contribution in [1.82, 2.24) is 10.6 Å². The second kappa shape index (κ2) is 5.69. The fourth-order valence-corrected chi connectivity index (χ4v) is 2.17. The van der Waals surface area contributed by atoms with Crippen molar-refractivity contribution in [3.05, 3.63) is 43.0 Å². The van der Waals surface area contributed by atoms with E-state index >= 15 is 0 Å². The summed E-state index contributed by atoms with van der Waals surface area (Å²) in [7, 11) is 0. The van der Waals surface area contributed by atoms with Crippen LogP contribution in [0.15, 0.2) is 43.0 Å². The average molecular weight is 245 g/mol. The van der Waals surface area contributed by atoms with E-state index < -0.39 is 0 Å². The van der Waals surface area contributed by atoms with Crippen LogP contribution in [0.4, 0.5) is 5.69 Å². The number of allylic oxidation sites excluding steroid dienone is 1. The van der Waals surface area contributed by atoms with Crippen molar-refractivity contribution in [2.75, 3.05) is 5.32 Å². The van der Waals surface area contributed by atoms with Crippen molar-refractivity contribution < 1.29 is 4.79 Å². The van der Waals surface area contributed by atoms with Crippen LogP contribution in [0.2, 0.25) is 0 Å². The maximum atomic E-state index is 12.0. The Hall–Kier alpha value is -1.81. The number of rotatable bonds is 4. The van der Waals surface area contributed by atoms with Crippen LogP contribution in [0.1, 0.15) is 13.3 Å². The van der Waals surface area contributed by atoms with Crippen molar-refractivity contribution >= 4 is 11.6 Å². The van der Waals surface area contributed by atoms with Crippen molar-refractivity contribution in [2.24, 2.45) is 5.92 Å². The van der Waals surface area contributed by atoms with Crippen LogP contribution < -0.4 is 16.0 Å². The Balaban J connectivity index is 1.98. The van der Waals surface area contributed by atoms with Crippen molar-refractivity contribution in [2.45, 2.75) is 25.7 Å². The van der Waals surface area contributed by atoms with E-state index in [2.05, 4.69) is 22.5 Å². The molecular weight excluding hydrogens is 226 g/mol. The molecule has 4 heteroatoms. The molecule has 3 unspecified atom stereocenters. The predicted octanol–water partition coefficient (Wildman–Crippen LogP) is 1.68. The molecule has 3 atom stereocenters. The first-order valence-corrected chi connectivity index (χ1v) is 6.19. The van der Waals surface area contributed by atoms with Crippen LogP contribution in [0.3, 0.4) is 0 Å². The molecule has 0 aliphatic carbocycles. The third kappa shape index (κ3) is 2.90. The molecule has 1 amide bonds. The summed E-state index contributed by atoms with van der Waals surface area (Å²) in [6.45, 7) is 5.71. The molecule has 0 aromatic heterocycles. The number of benzene rings is 1. The lowest BCUT2D eigenvalue weighted by Crippen LogP contribution is -2.63. The quantitative estimate of drug-likeness (QED) is 0.707. The summed E-state index contributed by atoms with van der Waals surface area (Å²) >= 11 is 0. The molecule has 0 spiro atoms. The molecular formula is C14H19N3O. The SMILES string of the molecule is C=CCC1C(=O)NC(Nc2ccccc2)NC1C. The Morgan fingerprint density at radius 1 is 1.39 bits per heavy atom. The molecule has 96 valence electrons. The zero-order valence-electron chi connectivity index (χ0n) is 10.5. The smallest absolute Gasteiger partial charge is 0.227 e. The lowest BCUT2D eigenvalue weighted by Gasteiger charge is -2.36. The minimum Gasteiger partial charge on any atom is -0.353 e. The first-order chi connectivity index (χ1) is 8.70. The van der Waals surface area contributed by atoms with Gasteiger partial charge in [0, 0.05) is 11.7 Å². The largest absolute Gasteiger partial charge is 0.353 e. The summed E-state index contributed by atoms with van der Waals surface area (Å²) < 4.78 is 0. The predicted molar refractivity (Wildman–Crippen MR) is 72.9 cm³/mol. The standard InChI is InChI=1S/C14H19N3O/c1-3-7-12-10(2)15-14(17-13(12)18)16-11-8-5-4-6-9-11/h3-6,8-10,12,14-16H,1,7H2,2H3,(H,17,18). The molecule has 18 heavy (non-hydrogen) atoms. The lowest BCUT2D eigenvalue weighted by molar-refractivity contribution is -0.128. The number of hydrogen-bond donors (Lipinski definition) is 3. The number of amides is 1. The highest BCUT2D eigenvalue weighted by Crippen LogP contribution is 2.15. The van der Waals surface area contributed by atoms with Crippen LogP contribution >= 0.6 is 0 Å². The van der Waals surface area contributed by atoms with E-state index in [1.807, 2.05) is 37.3 Å². The number of carbonyl (C=O) groups is 1. The van der Waals surface area contributed by atoms with Crippen LogP contribution in [0.25, 0.3) is 0 Å². The van der Waals surface area contributed by atoms with E-state index in [4.69, 9.17) is 0 Å². The van der Waals surface area contributed by atoms with E-state index in [1.165, 1.54) is 0 Å². The van der Waals surface area contributed by atoms with Crippen LogP contribution in [0.5, 0.6) is 0 Å². The number of hydrogen-bond acceptors (Lipinski definition) is 3. The molecule has 1 aliphatic rings. The number of nitrogens with one attached hydrogen (secondary N) is 3. The third-order valence-corrected chi connectivity index (χ3v) is 3.16. The lowest BCUT2D eigenvalue weighted by atomic mass is 9.94. The summed E-state index contributed by atoms with van der Waals surface area (Å²) in [5, 5.41) is 9.50. The highest BCUT2D eigenvalue weighted by molar-refractivity contribution is 5.81. The fourth-order valence-electron chi connectivity index (χ4n) is 2.17. The highest BCUT2D eigenvalue weighted by Gasteiger charge is 2.32. The maximum Gasteiger partial charge on any atom is 0.227 e. The van der Waals surface area contributed by atoms with E-state index in [0.29, 0.717) is 6.42 Å². The Morgan fingerprint density at radius 2 is 2.11 bits per heavy atom. The summed E-state index contributed by atoms with van der Waals surface area (Å²) in [6, 6.07) is 9.93. The molecule has 1 saturated heterocycles. The van der Waals surface area contributed by atoms with Gasteiger partial charge in [-0.05, 0) is 25.5 Å². The van der Waals surface area contributed by atoms with Crippen LogP contribution in [-0.2, 0) is 4.79 Å². The normalized spacial score (nSPS) is 27.4. The summed E-state index contributed by atoms with van der Waals surface area (Å²) in [6.07, 6.45) is 2.25. The van der Waals surface area contributed by atoms with Gasteiger partial charge in [0.1, 0.15) is 0 Å². The zero-order valence-corrected chi connectivity index (χ0v) is 10.5. The summed E-state index contributed by atoms with van der Waals surface area (Å²) in [5.41, 5.74) is 0.977. The monoisotopic (exact) mass is 245 g/mol. The van der Waals surface area contributed by atoms with E-state index in [-0.39, 0.29) is 24.2 Å². The van der Waals surface area contributed by atoms with E-state index in [9.17, 15) is 4.79 Å². The van der Waals surface area contributed by atoms with Gasteiger partial charge in [-0.15, -0.1) is 6.58 Å². The van der Waals surface area contributed by atoms with Gasteiger partial charge in [0.2, 0.25) is 5.91 Å². The summed E-state index contributed by atoms with van der Waals surface area (Å²) in [5.74, 6) is 0.0194. The van der Waals surface area contributed by atoms with Gasteiger partial charge in [-0.3, -0.25) is 10.1 Å². The average Bonchev–Trinajstić information content (AvgIpc) is 2.35. The second-order valence-electron chi connectivity index (χ2n) is 4.54. The van der Waals surface area contributed by atoms with Crippen LogP contribution in [0, 0.1) is 5.92 Å². The molecule has 3 N–H and O–H groups in total. The number of para-hydroxylation sites is 1. The highest BCUT2D eigenvalue weighted by atomic mass is 16.2. The Morgan fingerprint density at radius 3 is 2.72 bits per heavy atom. The minimum atomic E-state index is -0.226.